The summed E-state index contributed by atoms with van der Waals surface area (Å²) in [7, 11) is -3.71. The minimum absolute atomic E-state index is 0.00883. The maximum absolute atomic E-state index is 12.0. The first-order valence-corrected chi connectivity index (χ1v) is 7.97. The molecule has 2 heterocycles. The topological polar surface area (TPSA) is 96.4 Å². The van der Waals surface area contributed by atoms with Gasteiger partial charge in [-0.05, 0) is 30.2 Å². The van der Waals surface area contributed by atoms with Gasteiger partial charge in [-0.1, -0.05) is 0 Å². The lowest BCUT2D eigenvalue weighted by atomic mass is 10.2. The van der Waals surface area contributed by atoms with Gasteiger partial charge in [0, 0.05) is 24.3 Å². The van der Waals surface area contributed by atoms with Crippen molar-refractivity contribution < 1.29 is 18.3 Å². The van der Waals surface area contributed by atoms with Gasteiger partial charge in [0.1, 0.15) is 4.88 Å². The first-order chi connectivity index (χ1) is 9.40. The molecule has 0 atom stereocenters. The maximum Gasteiger partial charge on any atom is 0.345 e. The Kier molecular flexibility index (Phi) is 4.17. The molecule has 8 heteroatoms. The van der Waals surface area contributed by atoms with Gasteiger partial charge in [-0.25, -0.2) is 17.9 Å². The van der Waals surface area contributed by atoms with Crippen molar-refractivity contribution in [2.45, 2.75) is 18.4 Å². The van der Waals surface area contributed by atoms with E-state index in [4.69, 9.17) is 5.11 Å². The van der Waals surface area contributed by atoms with Crippen molar-refractivity contribution in [1.29, 1.82) is 0 Å². The van der Waals surface area contributed by atoms with Crippen LogP contribution in [0.3, 0.4) is 0 Å². The lowest BCUT2D eigenvalue weighted by Crippen LogP contribution is -2.23. The largest absolute Gasteiger partial charge is 0.477 e. The lowest BCUT2D eigenvalue weighted by molar-refractivity contribution is 0.0702. The second kappa shape index (κ2) is 5.70. The third-order valence-electron chi connectivity index (χ3n) is 2.69. The van der Waals surface area contributed by atoms with E-state index in [1.54, 1.807) is 18.5 Å². The summed E-state index contributed by atoms with van der Waals surface area (Å²) in [5.41, 5.74) is 1.70. The second-order valence-electron chi connectivity index (χ2n) is 4.08. The van der Waals surface area contributed by atoms with Crippen LogP contribution in [0.25, 0.3) is 0 Å². The van der Waals surface area contributed by atoms with Gasteiger partial charge in [0.15, 0.2) is 0 Å². The number of nitrogens with zero attached hydrogens (tertiary/aromatic N) is 1. The molecule has 0 aromatic carbocycles. The number of pyridine rings is 1. The average molecular weight is 312 g/mol. The average Bonchev–Trinajstić information content (AvgIpc) is 2.88. The highest BCUT2D eigenvalue weighted by atomic mass is 32.2. The normalized spacial score (nSPS) is 11.4. The highest BCUT2D eigenvalue weighted by Crippen LogP contribution is 2.19. The van der Waals surface area contributed by atoms with Gasteiger partial charge >= 0.3 is 5.97 Å². The van der Waals surface area contributed by atoms with E-state index < -0.39 is 16.0 Å². The van der Waals surface area contributed by atoms with Gasteiger partial charge in [-0.2, -0.15) is 0 Å². The monoisotopic (exact) mass is 312 g/mol. The van der Waals surface area contributed by atoms with Gasteiger partial charge in [0.05, 0.1) is 4.90 Å². The smallest absolute Gasteiger partial charge is 0.345 e. The number of carbonyl (C=O) groups is 1. The van der Waals surface area contributed by atoms with E-state index in [1.807, 2.05) is 6.92 Å². The fourth-order valence-corrected chi connectivity index (χ4v) is 3.65. The van der Waals surface area contributed by atoms with Gasteiger partial charge < -0.3 is 5.11 Å². The Balaban J connectivity index is 2.15. The van der Waals surface area contributed by atoms with Crippen molar-refractivity contribution in [2.24, 2.45) is 0 Å². The van der Waals surface area contributed by atoms with Crippen LogP contribution >= 0.6 is 11.3 Å². The van der Waals surface area contributed by atoms with Crippen LogP contribution in [0.4, 0.5) is 0 Å². The van der Waals surface area contributed by atoms with Crippen LogP contribution in [0.15, 0.2) is 34.8 Å². The zero-order valence-corrected chi connectivity index (χ0v) is 12.2. The molecule has 0 radical (unpaired) electrons. The molecule has 2 aromatic heterocycles. The predicted molar refractivity (Wildman–Crippen MR) is 74.3 cm³/mol. The van der Waals surface area contributed by atoms with Crippen molar-refractivity contribution in [3.8, 4) is 0 Å². The number of carboxylic acid groups (broad SMARTS) is 1. The summed E-state index contributed by atoms with van der Waals surface area (Å²) in [4.78, 5) is 14.6. The molecule has 0 saturated carbocycles. The van der Waals surface area contributed by atoms with E-state index in [0.29, 0.717) is 0 Å². The molecule has 106 valence electrons. The molecule has 0 aliphatic rings. The molecule has 0 aliphatic heterocycles. The third-order valence-corrected chi connectivity index (χ3v) is 5.13. The highest BCUT2D eigenvalue weighted by Gasteiger charge is 2.18. The molecular weight excluding hydrogens is 300 g/mol. The quantitative estimate of drug-likeness (QED) is 0.874. The standard InChI is InChI=1S/C12H12N2O4S2/c1-8-5-13-3-2-9(8)6-14-20(17,18)10-4-11(12(15)16)19-7-10/h2-5,7,14H,6H2,1H3,(H,15,16). The van der Waals surface area contributed by atoms with E-state index in [0.717, 1.165) is 28.5 Å². The van der Waals surface area contributed by atoms with Crippen LogP contribution in [-0.4, -0.2) is 24.5 Å². The van der Waals surface area contributed by atoms with Crippen molar-refractivity contribution in [2.75, 3.05) is 0 Å². The first kappa shape index (κ1) is 14.6. The number of thiophene rings is 1. The fraction of sp³-hybridized carbons (Fsp3) is 0.167. The molecule has 2 N–H and O–H groups in total. The van der Waals surface area contributed by atoms with Crippen molar-refractivity contribution in [1.82, 2.24) is 9.71 Å². The van der Waals surface area contributed by atoms with E-state index in [9.17, 15) is 13.2 Å². The van der Waals surface area contributed by atoms with Crippen molar-refractivity contribution in [3.05, 3.63) is 45.9 Å². The highest BCUT2D eigenvalue weighted by molar-refractivity contribution is 7.89. The van der Waals surface area contributed by atoms with E-state index in [1.165, 1.54) is 5.38 Å². The van der Waals surface area contributed by atoms with Gasteiger partial charge in [0.25, 0.3) is 0 Å². The Labute approximate surface area is 120 Å². The Morgan fingerprint density at radius 1 is 1.50 bits per heavy atom. The summed E-state index contributed by atoms with van der Waals surface area (Å²) >= 11 is 0.881. The summed E-state index contributed by atoms with van der Waals surface area (Å²) in [6, 6.07) is 2.88. The molecule has 0 aliphatic carbocycles. The summed E-state index contributed by atoms with van der Waals surface area (Å²) in [6.07, 6.45) is 3.24. The van der Waals surface area contributed by atoms with E-state index in [2.05, 4.69) is 9.71 Å². The SMILES string of the molecule is Cc1cnccc1CNS(=O)(=O)c1csc(C(=O)O)c1. The minimum atomic E-state index is -3.71. The number of hydrogen-bond acceptors (Lipinski definition) is 5. The molecule has 0 spiro atoms. The van der Waals surface area contributed by atoms with E-state index in [-0.39, 0.29) is 16.3 Å². The molecule has 20 heavy (non-hydrogen) atoms. The van der Waals surface area contributed by atoms with Crippen LogP contribution < -0.4 is 4.72 Å². The minimum Gasteiger partial charge on any atom is -0.477 e. The number of sulfonamides is 1. The predicted octanol–water partition coefficient (Wildman–Crippen LogP) is 1.63. The van der Waals surface area contributed by atoms with Gasteiger partial charge in [0.2, 0.25) is 10.0 Å². The summed E-state index contributed by atoms with van der Waals surface area (Å²) in [5.74, 6) is -1.14. The Morgan fingerprint density at radius 3 is 2.85 bits per heavy atom. The molecule has 6 nitrogen and oxygen atoms in total. The van der Waals surface area contributed by atoms with Crippen LogP contribution in [0.5, 0.6) is 0 Å². The third kappa shape index (κ3) is 3.21. The van der Waals surface area contributed by atoms with Crippen LogP contribution in [-0.2, 0) is 16.6 Å². The first-order valence-electron chi connectivity index (χ1n) is 5.61. The van der Waals surface area contributed by atoms with Crippen LogP contribution in [0.2, 0.25) is 0 Å². The number of rotatable bonds is 5. The number of aromatic carboxylic acids is 1. The summed E-state index contributed by atoms with van der Waals surface area (Å²) in [6.45, 7) is 1.97. The fourth-order valence-electron chi connectivity index (χ4n) is 1.53. The lowest BCUT2D eigenvalue weighted by Gasteiger charge is -2.07. The van der Waals surface area contributed by atoms with Gasteiger partial charge in [-0.15, -0.1) is 11.3 Å². The molecule has 2 rings (SSSR count). The number of carboxylic acids is 1. The Hall–Kier alpha value is -1.77. The molecule has 0 saturated heterocycles. The van der Waals surface area contributed by atoms with Crippen LogP contribution in [0, 0.1) is 6.92 Å². The Bertz CT molecular complexity index is 737. The molecule has 0 amide bonds. The molecule has 0 fully saturated rings. The molecule has 0 unspecified atom stereocenters. The maximum atomic E-state index is 12.0. The number of aryl methyl sites for hydroxylation is 1. The summed E-state index contributed by atoms with van der Waals surface area (Å²) in [5, 5.41) is 10.1. The molecular formula is C12H12N2O4S2. The van der Waals surface area contributed by atoms with Crippen LogP contribution in [0.1, 0.15) is 20.8 Å². The number of hydrogen-bond donors (Lipinski definition) is 2. The molecule has 2 aromatic rings. The Morgan fingerprint density at radius 2 is 2.25 bits per heavy atom. The zero-order valence-electron chi connectivity index (χ0n) is 10.5. The molecule has 0 bridgehead atoms. The second-order valence-corrected chi connectivity index (χ2v) is 6.76. The summed E-state index contributed by atoms with van der Waals surface area (Å²) < 4.78 is 26.5. The van der Waals surface area contributed by atoms with Gasteiger partial charge in [-0.3, -0.25) is 4.98 Å². The van der Waals surface area contributed by atoms with Crippen molar-refractivity contribution in [3.63, 3.8) is 0 Å². The van der Waals surface area contributed by atoms with Crippen molar-refractivity contribution >= 4 is 27.3 Å². The van der Waals surface area contributed by atoms with E-state index >= 15 is 0 Å². The number of aromatic nitrogens is 1. The zero-order chi connectivity index (χ0) is 14.8. The number of nitrogens with one attached hydrogen (secondary N) is 1.